The molecule has 0 aliphatic rings. The first-order valence-electron chi connectivity index (χ1n) is 4.88. The molecule has 0 saturated carbocycles. The van der Waals surface area contributed by atoms with E-state index in [1.165, 1.54) is 4.68 Å². The first-order valence-corrected chi connectivity index (χ1v) is 4.88. The number of nitrogen functional groups attached to an aromatic ring is 1. The molecule has 0 bridgehead atoms. The minimum absolute atomic E-state index is 0.316. The van der Waals surface area contributed by atoms with Crippen LogP contribution in [0.15, 0.2) is 0 Å². The Bertz CT molecular complexity index is 465. The summed E-state index contributed by atoms with van der Waals surface area (Å²) in [5.74, 6) is 2.17. The molecule has 16 heavy (non-hydrogen) atoms. The van der Waals surface area contributed by atoms with Gasteiger partial charge in [-0.25, -0.2) is 0 Å². The number of carbonyl (C=O) groups excluding carboxylic acids is 1. The molecule has 86 valence electrons. The first-order chi connectivity index (χ1) is 7.28. The van der Waals surface area contributed by atoms with E-state index in [2.05, 4.69) is 16.3 Å². The summed E-state index contributed by atoms with van der Waals surface area (Å²) in [5, 5.41) is 6.77. The minimum Gasteiger partial charge on any atom is -0.395 e. The van der Waals surface area contributed by atoms with Gasteiger partial charge < -0.3 is 11.1 Å². The van der Waals surface area contributed by atoms with Gasteiger partial charge in [0, 0.05) is 7.05 Å². The maximum atomic E-state index is 11.9. The molecule has 0 unspecified atom stereocenters. The Kier molecular flexibility index (Phi) is 2.95. The summed E-state index contributed by atoms with van der Waals surface area (Å²) in [4.78, 5) is 11.9. The average Bonchev–Trinajstić information content (AvgIpc) is 2.40. The molecule has 5 heteroatoms. The second-order valence-electron chi connectivity index (χ2n) is 4.19. The number of hydrogen-bond donors (Lipinski definition) is 2. The van der Waals surface area contributed by atoms with Crippen LogP contribution in [-0.2, 0) is 7.05 Å². The van der Waals surface area contributed by atoms with Crippen molar-refractivity contribution in [2.75, 3.05) is 5.73 Å². The predicted octanol–water partition coefficient (Wildman–Crippen LogP) is 0.452. The Morgan fingerprint density at radius 2 is 2.19 bits per heavy atom. The van der Waals surface area contributed by atoms with Gasteiger partial charge in [-0.05, 0) is 20.8 Å². The van der Waals surface area contributed by atoms with Gasteiger partial charge in [-0.3, -0.25) is 9.48 Å². The summed E-state index contributed by atoms with van der Waals surface area (Å²) >= 11 is 0. The van der Waals surface area contributed by atoms with Gasteiger partial charge in [-0.2, -0.15) is 5.10 Å². The van der Waals surface area contributed by atoms with Gasteiger partial charge in [0.25, 0.3) is 5.91 Å². The fourth-order valence-electron chi connectivity index (χ4n) is 1.32. The summed E-state index contributed by atoms with van der Waals surface area (Å²) < 4.78 is 1.45. The van der Waals surface area contributed by atoms with E-state index >= 15 is 0 Å². The van der Waals surface area contributed by atoms with E-state index < -0.39 is 5.54 Å². The Hall–Kier alpha value is -1.96. The van der Waals surface area contributed by atoms with Crippen molar-refractivity contribution in [2.24, 2.45) is 7.05 Å². The average molecular weight is 220 g/mol. The molecule has 0 atom stereocenters. The topological polar surface area (TPSA) is 72.9 Å². The maximum Gasteiger partial charge on any atom is 0.272 e. The van der Waals surface area contributed by atoms with Gasteiger partial charge in [0.2, 0.25) is 0 Å². The lowest BCUT2D eigenvalue weighted by molar-refractivity contribution is 0.0921. The van der Waals surface area contributed by atoms with Crippen LogP contribution < -0.4 is 11.1 Å². The van der Waals surface area contributed by atoms with Crippen molar-refractivity contribution >= 4 is 11.6 Å². The Labute approximate surface area is 95.0 Å². The maximum absolute atomic E-state index is 11.9. The van der Waals surface area contributed by atoms with Crippen molar-refractivity contribution in [2.45, 2.75) is 26.3 Å². The molecule has 1 aromatic heterocycles. The lowest BCUT2D eigenvalue weighted by atomic mass is 10.1. The number of anilines is 1. The third-order valence-electron chi connectivity index (χ3n) is 2.27. The highest BCUT2D eigenvalue weighted by Gasteiger charge is 2.23. The molecule has 0 aromatic carbocycles. The van der Waals surface area contributed by atoms with Crippen LogP contribution in [0.1, 0.15) is 30.0 Å². The molecule has 0 fully saturated rings. The molecule has 0 radical (unpaired) electrons. The van der Waals surface area contributed by atoms with Crippen LogP contribution in [0, 0.1) is 19.3 Å². The smallest absolute Gasteiger partial charge is 0.272 e. The Morgan fingerprint density at radius 3 is 2.56 bits per heavy atom. The summed E-state index contributed by atoms with van der Waals surface area (Å²) in [7, 11) is 1.67. The molecule has 5 nitrogen and oxygen atoms in total. The fourth-order valence-corrected chi connectivity index (χ4v) is 1.32. The van der Waals surface area contributed by atoms with Crippen LogP contribution in [0.5, 0.6) is 0 Å². The van der Waals surface area contributed by atoms with Gasteiger partial charge in [0.15, 0.2) is 0 Å². The number of aryl methyl sites for hydroxylation is 2. The van der Waals surface area contributed by atoms with Crippen LogP contribution in [0.2, 0.25) is 0 Å². The molecule has 0 aliphatic carbocycles. The minimum atomic E-state index is -0.707. The standard InChI is InChI=1S/C11H16N4O/c1-6-11(3,4)13-10(16)9-8(12)7(2)14-15(9)5/h1H,12H2,2-5H3,(H,13,16). The molecule has 1 amide bonds. The lowest BCUT2D eigenvalue weighted by Gasteiger charge is -2.19. The van der Waals surface area contributed by atoms with E-state index in [1.54, 1.807) is 27.8 Å². The van der Waals surface area contributed by atoms with E-state index in [1.807, 2.05) is 0 Å². The second kappa shape index (κ2) is 3.89. The van der Waals surface area contributed by atoms with Crippen molar-refractivity contribution in [3.63, 3.8) is 0 Å². The van der Waals surface area contributed by atoms with Crippen molar-refractivity contribution in [1.29, 1.82) is 0 Å². The van der Waals surface area contributed by atoms with Gasteiger partial charge in [0.1, 0.15) is 5.69 Å². The van der Waals surface area contributed by atoms with E-state index in [9.17, 15) is 4.79 Å². The van der Waals surface area contributed by atoms with Crippen LogP contribution in [0.25, 0.3) is 0 Å². The third kappa shape index (κ3) is 2.16. The number of amides is 1. The van der Waals surface area contributed by atoms with E-state index in [4.69, 9.17) is 12.2 Å². The number of rotatable bonds is 2. The number of terminal acetylenes is 1. The Balaban J connectivity index is 3.03. The van der Waals surface area contributed by atoms with Crippen molar-refractivity contribution < 1.29 is 4.79 Å². The highest BCUT2D eigenvalue weighted by Crippen LogP contribution is 2.15. The molecular weight excluding hydrogens is 204 g/mol. The summed E-state index contributed by atoms with van der Waals surface area (Å²) in [5.41, 5.74) is 6.41. The SMILES string of the molecule is C#CC(C)(C)NC(=O)c1c(N)c(C)nn1C. The van der Waals surface area contributed by atoms with E-state index in [0.717, 1.165) is 0 Å². The summed E-state index contributed by atoms with van der Waals surface area (Å²) in [6, 6.07) is 0. The van der Waals surface area contributed by atoms with Gasteiger partial charge in [-0.1, -0.05) is 5.92 Å². The zero-order chi connectivity index (χ0) is 12.5. The lowest BCUT2D eigenvalue weighted by Crippen LogP contribution is -2.43. The molecule has 3 N–H and O–H groups in total. The predicted molar refractivity (Wildman–Crippen MR) is 62.7 cm³/mol. The number of carbonyl (C=O) groups is 1. The molecular formula is C11H16N4O. The van der Waals surface area contributed by atoms with Crippen molar-refractivity contribution in [3.05, 3.63) is 11.4 Å². The molecule has 1 aromatic rings. The zero-order valence-corrected chi connectivity index (χ0v) is 9.96. The molecule has 1 rings (SSSR count). The molecule has 1 heterocycles. The second-order valence-corrected chi connectivity index (χ2v) is 4.19. The van der Waals surface area contributed by atoms with E-state index in [0.29, 0.717) is 17.1 Å². The quantitative estimate of drug-likeness (QED) is 0.711. The number of nitrogens with one attached hydrogen (secondary N) is 1. The van der Waals surface area contributed by atoms with Crippen molar-refractivity contribution in [3.8, 4) is 12.3 Å². The normalized spacial score (nSPS) is 10.9. The molecule has 0 saturated heterocycles. The van der Waals surface area contributed by atoms with Crippen LogP contribution in [-0.4, -0.2) is 21.2 Å². The highest BCUT2D eigenvalue weighted by molar-refractivity contribution is 5.98. The van der Waals surface area contributed by atoms with Crippen LogP contribution in [0.4, 0.5) is 5.69 Å². The zero-order valence-electron chi connectivity index (χ0n) is 9.96. The number of nitrogens with zero attached hydrogens (tertiary/aromatic N) is 2. The van der Waals surface area contributed by atoms with Crippen molar-refractivity contribution in [1.82, 2.24) is 15.1 Å². The summed E-state index contributed by atoms with van der Waals surface area (Å²) in [6.45, 7) is 5.23. The number of nitrogens with two attached hydrogens (primary N) is 1. The third-order valence-corrected chi connectivity index (χ3v) is 2.27. The van der Waals surface area contributed by atoms with Crippen LogP contribution >= 0.6 is 0 Å². The highest BCUT2D eigenvalue weighted by atomic mass is 16.2. The molecule has 0 aliphatic heterocycles. The van der Waals surface area contributed by atoms with Crippen LogP contribution in [0.3, 0.4) is 0 Å². The number of aromatic nitrogens is 2. The monoisotopic (exact) mass is 220 g/mol. The van der Waals surface area contributed by atoms with Gasteiger partial charge >= 0.3 is 0 Å². The first kappa shape index (κ1) is 12.1. The van der Waals surface area contributed by atoms with Gasteiger partial charge in [0.05, 0.1) is 16.9 Å². The Morgan fingerprint density at radius 1 is 1.62 bits per heavy atom. The largest absolute Gasteiger partial charge is 0.395 e. The van der Waals surface area contributed by atoms with Gasteiger partial charge in [-0.15, -0.1) is 6.42 Å². The van der Waals surface area contributed by atoms with E-state index in [-0.39, 0.29) is 5.91 Å². The number of hydrogen-bond acceptors (Lipinski definition) is 3. The summed E-state index contributed by atoms with van der Waals surface area (Å²) in [6.07, 6.45) is 5.30. The molecule has 0 spiro atoms. The fraction of sp³-hybridized carbons (Fsp3) is 0.455.